The summed E-state index contributed by atoms with van der Waals surface area (Å²) in [6.07, 6.45) is 0.955. The Morgan fingerprint density at radius 3 is 2.80 bits per heavy atom. The van der Waals surface area contributed by atoms with E-state index in [-0.39, 0.29) is 12.6 Å². The summed E-state index contributed by atoms with van der Waals surface area (Å²) in [5.74, 6) is -0.0239. The van der Waals surface area contributed by atoms with Crippen molar-refractivity contribution in [2.24, 2.45) is 0 Å². The van der Waals surface area contributed by atoms with Crippen molar-refractivity contribution in [3.63, 3.8) is 0 Å². The molecular weight excluding hydrogens is 256 g/mol. The van der Waals surface area contributed by atoms with Crippen molar-refractivity contribution in [2.45, 2.75) is 19.3 Å². The van der Waals surface area contributed by atoms with Crippen LogP contribution in [0, 0.1) is 0 Å². The third kappa shape index (κ3) is 3.73. The lowest BCUT2D eigenvalue weighted by molar-refractivity contribution is -0.141. The first-order chi connectivity index (χ1) is 9.70. The number of nitrogens with one attached hydrogen (secondary N) is 1. The first-order valence-electron chi connectivity index (χ1n) is 6.94. The van der Waals surface area contributed by atoms with Crippen LogP contribution in [-0.2, 0) is 9.53 Å². The van der Waals surface area contributed by atoms with Crippen LogP contribution in [0.15, 0.2) is 30.3 Å². The highest BCUT2D eigenvalue weighted by Crippen LogP contribution is 2.26. The normalized spacial score (nSPS) is 17.9. The maximum atomic E-state index is 11.9. The largest absolute Gasteiger partial charge is 0.465 e. The highest BCUT2D eigenvalue weighted by atomic mass is 16.5. The molecule has 1 aliphatic rings. The van der Waals surface area contributed by atoms with Crippen LogP contribution < -0.4 is 5.32 Å². The lowest BCUT2D eigenvalue weighted by atomic mass is 9.99. The topological polar surface area (TPSA) is 58.6 Å². The van der Waals surface area contributed by atoms with Gasteiger partial charge < -0.3 is 15.0 Å². The van der Waals surface area contributed by atoms with Crippen molar-refractivity contribution in [2.75, 3.05) is 26.2 Å². The minimum atomic E-state index is -0.403. The second kappa shape index (κ2) is 6.93. The van der Waals surface area contributed by atoms with Crippen LogP contribution in [0.2, 0.25) is 0 Å². The number of ether oxygens (including phenoxy) is 1. The molecule has 1 unspecified atom stereocenters. The minimum absolute atomic E-state index is 0.0703. The zero-order chi connectivity index (χ0) is 14.4. The Hall–Kier alpha value is -2.04. The fourth-order valence-electron chi connectivity index (χ4n) is 2.41. The standard InChI is InChI=1S/C15H20N2O3/c1-2-20-14(18)10-16-15(19)17-9-8-13(11-17)12-6-4-3-5-7-12/h3-7,13H,2,8-11H2,1H3,(H,16,19). The summed E-state index contributed by atoms with van der Waals surface area (Å²) in [4.78, 5) is 24.9. The lowest BCUT2D eigenvalue weighted by Crippen LogP contribution is -2.41. The van der Waals surface area contributed by atoms with Gasteiger partial charge in [0, 0.05) is 19.0 Å². The van der Waals surface area contributed by atoms with Gasteiger partial charge in [0.1, 0.15) is 6.54 Å². The van der Waals surface area contributed by atoms with Crippen molar-refractivity contribution >= 4 is 12.0 Å². The van der Waals surface area contributed by atoms with Gasteiger partial charge in [-0.05, 0) is 18.9 Å². The van der Waals surface area contributed by atoms with Crippen LogP contribution in [0.1, 0.15) is 24.8 Å². The van der Waals surface area contributed by atoms with Crippen LogP contribution in [0.25, 0.3) is 0 Å². The Labute approximate surface area is 118 Å². The number of hydrogen-bond acceptors (Lipinski definition) is 3. The molecule has 0 radical (unpaired) electrons. The Morgan fingerprint density at radius 2 is 2.10 bits per heavy atom. The van der Waals surface area contributed by atoms with E-state index in [2.05, 4.69) is 17.4 Å². The number of carbonyl (C=O) groups excluding carboxylic acids is 2. The van der Waals surface area contributed by atoms with E-state index in [0.717, 1.165) is 6.42 Å². The molecule has 0 aromatic heterocycles. The van der Waals surface area contributed by atoms with Gasteiger partial charge in [0.25, 0.3) is 0 Å². The fraction of sp³-hybridized carbons (Fsp3) is 0.467. The summed E-state index contributed by atoms with van der Waals surface area (Å²) in [5, 5.41) is 2.59. The second-order valence-corrected chi connectivity index (χ2v) is 4.81. The number of hydrogen-bond donors (Lipinski definition) is 1. The van der Waals surface area contributed by atoms with E-state index >= 15 is 0 Å². The van der Waals surface area contributed by atoms with E-state index < -0.39 is 5.97 Å². The lowest BCUT2D eigenvalue weighted by Gasteiger charge is -2.17. The highest BCUT2D eigenvalue weighted by molar-refractivity contribution is 5.81. The number of amides is 2. The van der Waals surface area contributed by atoms with Crippen LogP contribution >= 0.6 is 0 Å². The predicted octanol–water partition coefficient (Wildman–Crippen LogP) is 1.75. The summed E-state index contributed by atoms with van der Waals surface area (Å²) in [6, 6.07) is 9.99. The smallest absolute Gasteiger partial charge is 0.325 e. The maximum Gasteiger partial charge on any atom is 0.325 e. The predicted molar refractivity (Wildman–Crippen MR) is 75.4 cm³/mol. The van der Waals surface area contributed by atoms with Crippen molar-refractivity contribution in [1.29, 1.82) is 0 Å². The summed E-state index contributed by atoms with van der Waals surface area (Å²) in [7, 11) is 0. The summed E-state index contributed by atoms with van der Waals surface area (Å²) in [6.45, 7) is 3.41. The van der Waals surface area contributed by atoms with Gasteiger partial charge >= 0.3 is 12.0 Å². The molecule has 1 aliphatic heterocycles. The van der Waals surface area contributed by atoms with E-state index in [1.54, 1.807) is 11.8 Å². The summed E-state index contributed by atoms with van der Waals surface area (Å²) in [5.41, 5.74) is 1.26. The van der Waals surface area contributed by atoms with Crippen molar-refractivity contribution in [3.05, 3.63) is 35.9 Å². The van der Waals surface area contributed by atoms with Crippen LogP contribution in [0.4, 0.5) is 4.79 Å². The van der Waals surface area contributed by atoms with Crippen LogP contribution in [0.5, 0.6) is 0 Å². The Kier molecular flexibility index (Phi) is 4.98. The van der Waals surface area contributed by atoms with Gasteiger partial charge in [0.2, 0.25) is 0 Å². The zero-order valence-electron chi connectivity index (χ0n) is 11.7. The van der Waals surface area contributed by atoms with E-state index in [1.807, 2.05) is 18.2 Å². The number of nitrogens with zero attached hydrogens (tertiary/aromatic N) is 1. The molecule has 2 amide bonds. The quantitative estimate of drug-likeness (QED) is 0.852. The number of esters is 1. The number of likely N-dealkylation sites (tertiary alicyclic amines) is 1. The zero-order valence-corrected chi connectivity index (χ0v) is 11.7. The van der Waals surface area contributed by atoms with Crippen molar-refractivity contribution in [3.8, 4) is 0 Å². The average Bonchev–Trinajstić information content (AvgIpc) is 2.96. The van der Waals surface area contributed by atoms with Gasteiger partial charge in [-0.15, -0.1) is 0 Å². The monoisotopic (exact) mass is 276 g/mol. The van der Waals surface area contributed by atoms with E-state index in [0.29, 0.717) is 25.6 Å². The molecule has 5 nitrogen and oxygen atoms in total. The molecule has 108 valence electrons. The Bertz CT molecular complexity index is 461. The van der Waals surface area contributed by atoms with E-state index in [1.165, 1.54) is 5.56 Å². The summed E-state index contributed by atoms with van der Waals surface area (Å²) < 4.78 is 4.77. The summed E-state index contributed by atoms with van der Waals surface area (Å²) >= 11 is 0. The SMILES string of the molecule is CCOC(=O)CNC(=O)N1CCC(c2ccccc2)C1. The van der Waals surface area contributed by atoms with Crippen molar-refractivity contribution in [1.82, 2.24) is 10.2 Å². The molecular formula is C15H20N2O3. The van der Waals surface area contributed by atoms with Gasteiger partial charge in [0.15, 0.2) is 0 Å². The molecule has 2 rings (SSSR count). The Balaban J connectivity index is 1.80. The van der Waals surface area contributed by atoms with Gasteiger partial charge in [-0.1, -0.05) is 30.3 Å². The van der Waals surface area contributed by atoms with Gasteiger partial charge in [0.05, 0.1) is 6.61 Å². The molecule has 0 aliphatic carbocycles. The number of rotatable bonds is 4. The average molecular weight is 276 g/mol. The molecule has 0 spiro atoms. The highest BCUT2D eigenvalue weighted by Gasteiger charge is 2.27. The van der Waals surface area contributed by atoms with Gasteiger partial charge in [-0.3, -0.25) is 4.79 Å². The number of urea groups is 1. The number of benzene rings is 1. The van der Waals surface area contributed by atoms with Gasteiger partial charge in [-0.2, -0.15) is 0 Å². The van der Waals surface area contributed by atoms with Crippen molar-refractivity contribution < 1.29 is 14.3 Å². The second-order valence-electron chi connectivity index (χ2n) is 4.81. The molecule has 5 heteroatoms. The fourth-order valence-corrected chi connectivity index (χ4v) is 2.41. The molecule has 1 saturated heterocycles. The molecule has 20 heavy (non-hydrogen) atoms. The van der Waals surface area contributed by atoms with Gasteiger partial charge in [-0.25, -0.2) is 4.79 Å². The van der Waals surface area contributed by atoms with E-state index in [4.69, 9.17) is 4.74 Å². The third-order valence-electron chi connectivity index (χ3n) is 3.44. The van der Waals surface area contributed by atoms with Crippen LogP contribution in [-0.4, -0.2) is 43.1 Å². The first kappa shape index (κ1) is 14.4. The Morgan fingerprint density at radius 1 is 1.35 bits per heavy atom. The first-order valence-corrected chi connectivity index (χ1v) is 6.94. The molecule has 1 N–H and O–H groups in total. The number of carbonyl (C=O) groups is 2. The minimum Gasteiger partial charge on any atom is -0.465 e. The molecule has 1 atom stereocenters. The molecule has 1 aromatic carbocycles. The molecule has 1 heterocycles. The maximum absolute atomic E-state index is 11.9. The molecule has 1 fully saturated rings. The molecule has 0 saturated carbocycles. The third-order valence-corrected chi connectivity index (χ3v) is 3.44. The van der Waals surface area contributed by atoms with E-state index in [9.17, 15) is 9.59 Å². The molecule has 0 bridgehead atoms. The van der Waals surface area contributed by atoms with Crippen LogP contribution in [0.3, 0.4) is 0 Å². The molecule has 1 aromatic rings.